The van der Waals surface area contributed by atoms with Crippen LogP contribution in [-0.2, 0) is 9.59 Å². The highest BCUT2D eigenvalue weighted by Gasteiger charge is 2.32. The summed E-state index contributed by atoms with van der Waals surface area (Å²) < 4.78 is 0. The number of nitrogens with one attached hydrogen (secondary N) is 3. The summed E-state index contributed by atoms with van der Waals surface area (Å²) in [5.41, 5.74) is 8.12. The number of thioether (sulfide) groups is 1. The first-order valence-corrected chi connectivity index (χ1v) is 10.0. The molecular formula is C20H24N4O2S. The fourth-order valence-corrected chi connectivity index (χ4v) is 3.67. The number of hydrogen-bond donors (Lipinski definition) is 3. The highest BCUT2D eigenvalue weighted by Crippen LogP contribution is 2.25. The lowest BCUT2D eigenvalue weighted by Gasteiger charge is -2.20. The van der Waals surface area contributed by atoms with Crippen molar-refractivity contribution in [2.45, 2.75) is 23.4 Å². The molecule has 0 bridgehead atoms. The molecule has 0 spiro atoms. The average molecular weight is 385 g/mol. The maximum absolute atomic E-state index is 12.7. The number of anilines is 1. The fourth-order valence-electron chi connectivity index (χ4n) is 3.12. The molecular weight excluding hydrogens is 360 g/mol. The first-order valence-electron chi connectivity index (χ1n) is 8.82. The van der Waals surface area contributed by atoms with Gasteiger partial charge >= 0.3 is 0 Å². The second kappa shape index (κ2) is 9.03. The second-order valence-corrected chi connectivity index (χ2v) is 7.33. The van der Waals surface area contributed by atoms with Crippen LogP contribution in [0, 0.1) is 0 Å². The van der Waals surface area contributed by atoms with Crippen molar-refractivity contribution < 1.29 is 9.59 Å². The molecule has 0 aromatic heterocycles. The van der Waals surface area contributed by atoms with E-state index in [0.717, 1.165) is 16.1 Å². The van der Waals surface area contributed by atoms with Crippen molar-refractivity contribution >= 4 is 29.3 Å². The molecule has 1 aliphatic rings. The van der Waals surface area contributed by atoms with Crippen molar-refractivity contribution in [1.29, 1.82) is 0 Å². The van der Waals surface area contributed by atoms with Crippen molar-refractivity contribution in [2.24, 2.45) is 0 Å². The van der Waals surface area contributed by atoms with Gasteiger partial charge in [-0.15, -0.1) is 11.8 Å². The van der Waals surface area contributed by atoms with E-state index >= 15 is 0 Å². The number of rotatable bonds is 6. The van der Waals surface area contributed by atoms with Gasteiger partial charge in [-0.05, 0) is 30.4 Å². The van der Waals surface area contributed by atoms with Crippen LogP contribution >= 0.6 is 11.8 Å². The molecule has 142 valence electrons. The van der Waals surface area contributed by atoms with Gasteiger partial charge in [-0.25, -0.2) is 10.9 Å². The third-order valence-corrected chi connectivity index (χ3v) is 5.34. The predicted octanol–water partition coefficient (Wildman–Crippen LogP) is 2.41. The summed E-state index contributed by atoms with van der Waals surface area (Å²) in [6.07, 6.45) is 2.60. The molecule has 7 heteroatoms. The minimum absolute atomic E-state index is 0.00965. The Labute approximate surface area is 163 Å². The highest BCUT2D eigenvalue weighted by atomic mass is 32.2. The molecule has 1 aliphatic heterocycles. The molecule has 2 unspecified atom stereocenters. The smallest absolute Gasteiger partial charge is 0.244 e. The van der Waals surface area contributed by atoms with Gasteiger partial charge in [0.25, 0.3) is 0 Å². The number of hydrogen-bond acceptors (Lipinski definition) is 5. The summed E-state index contributed by atoms with van der Waals surface area (Å²) >= 11 is 1.57. The van der Waals surface area contributed by atoms with Crippen LogP contribution in [0.5, 0.6) is 0 Å². The summed E-state index contributed by atoms with van der Waals surface area (Å²) in [6, 6.07) is 17.3. The Bertz CT molecular complexity index is 800. The van der Waals surface area contributed by atoms with E-state index in [1.807, 2.05) is 60.9 Å². The third kappa shape index (κ3) is 4.88. The van der Waals surface area contributed by atoms with Crippen LogP contribution < -0.4 is 16.2 Å². The molecule has 2 atom stereocenters. The Balaban J connectivity index is 1.54. The minimum atomic E-state index is -0.355. The zero-order valence-corrected chi connectivity index (χ0v) is 16.3. The molecule has 27 heavy (non-hydrogen) atoms. The average Bonchev–Trinajstić information content (AvgIpc) is 3.18. The van der Waals surface area contributed by atoms with Crippen LogP contribution in [0.1, 0.15) is 18.0 Å². The zero-order valence-electron chi connectivity index (χ0n) is 15.4. The summed E-state index contributed by atoms with van der Waals surface area (Å²) in [7, 11) is 1.65. The van der Waals surface area contributed by atoms with Gasteiger partial charge in [-0.1, -0.05) is 42.5 Å². The lowest BCUT2D eigenvalue weighted by molar-refractivity contribution is -0.134. The van der Waals surface area contributed by atoms with Crippen LogP contribution in [-0.4, -0.2) is 42.6 Å². The topological polar surface area (TPSA) is 73.5 Å². The molecule has 0 saturated carbocycles. The summed E-state index contributed by atoms with van der Waals surface area (Å²) in [6.45, 7) is 0.00965. The number of carbonyl (C=O) groups is 2. The second-order valence-electron chi connectivity index (χ2n) is 6.48. The van der Waals surface area contributed by atoms with E-state index in [2.05, 4.69) is 16.2 Å². The Morgan fingerprint density at radius 1 is 1.11 bits per heavy atom. The molecule has 2 amide bonds. The van der Waals surface area contributed by atoms with Crippen molar-refractivity contribution in [3.8, 4) is 0 Å². The Morgan fingerprint density at radius 2 is 1.81 bits per heavy atom. The molecule has 2 aromatic rings. The lowest BCUT2D eigenvalue weighted by Crippen LogP contribution is -2.46. The van der Waals surface area contributed by atoms with Gasteiger partial charge in [0, 0.05) is 18.0 Å². The van der Waals surface area contributed by atoms with E-state index < -0.39 is 0 Å². The number of carbonyl (C=O) groups excluding carboxylic acids is 2. The fraction of sp³-hybridized carbons (Fsp3) is 0.300. The van der Waals surface area contributed by atoms with Crippen molar-refractivity contribution in [2.75, 3.05) is 25.2 Å². The van der Waals surface area contributed by atoms with Crippen LogP contribution in [0.3, 0.4) is 0 Å². The van der Waals surface area contributed by atoms with Crippen LogP contribution in [0.4, 0.5) is 5.69 Å². The normalized spacial score (nSPS) is 18.9. The molecule has 3 rings (SSSR count). The lowest BCUT2D eigenvalue weighted by atomic mass is 10.0. The van der Waals surface area contributed by atoms with Crippen LogP contribution in [0.15, 0.2) is 59.5 Å². The third-order valence-electron chi connectivity index (χ3n) is 4.54. The zero-order chi connectivity index (χ0) is 19.2. The molecule has 1 saturated heterocycles. The van der Waals surface area contributed by atoms with Gasteiger partial charge in [-0.3, -0.25) is 9.59 Å². The molecule has 6 nitrogen and oxygen atoms in total. The van der Waals surface area contributed by atoms with Crippen molar-refractivity contribution in [3.05, 3.63) is 60.2 Å². The SMILES string of the molecule is CSc1ccccc1NC(=O)CN(C)C(=O)C1CC(c2ccccc2)NN1. The predicted molar refractivity (Wildman–Crippen MR) is 108 cm³/mol. The van der Waals surface area contributed by atoms with Gasteiger partial charge in [0.1, 0.15) is 6.04 Å². The molecule has 0 aliphatic carbocycles. The molecule has 2 aromatic carbocycles. The Hall–Kier alpha value is -2.35. The molecule has 1 fully saturated rings. The number of likely N-dealkylation sites (N-methyl/N-ethyl adjacent to an activating group) is 1. The number of nitrogens with zero attached hydrogens (tertiary/aromatic N) is 1. The van der Waals surface area contributed by atoms with Crippen LogP contribution in [0.2, 0.25) is 0 Å². The summed E-state index contributed by atoms with van der Waals surface area (Å²) in [5, 5.41) is 2.88. The maximum Gasteiger partial charge on any atom is 0.244 e. The van der Waals surface area contributed by atoms with E-state index in [9.17, 15) is 9.59 Å². The van der Waals surface area contributed by atoms with E-state index in [0.29, 0.717) is 6.42 Å². The summed E-state index contributed by atoms with van der Waals surface area (Å²) in [5.74, 6) is -0.313. The molecule has 0 radical (unpaired) electrons. The molecule has 3 N–H and O–H groups in total. The van der Waals surface area contributed by atoms with E-state index in [1.165, 1.54) is 4.90 Å². The van der Waals surface area contributed by atoms with Crippen molar-refractivity contribution in [1.82, 2.24) is 15.8 Å². The number of para-hydroxylation sites is 1. The number of hydrazine groups is 1. The quantitative estimate of drug-likeness (QED) is 0.667. The number of amides is 2. The van der Waals surface area contributed by atoms with E-state index in [1.54, 1.807) is 18.8 Å². The summed E-state index contributed by atoms with van der Waals surface area (Å²) in [4.78, 5) is 27.5. The van der Waals surface area contributed by atoms with Gasteiger partial charge in [0.15, 0.2) is 0 Å². The van der Waals surface area contributed by atoms with Gasteiger partial charge in [-0.2, -0.15) is 0 Å². The van der Waals surface area contributed by atoms with Gasteiger partial charge in [0.2, 0.25) is 11.8 Å². The Kier molecular flexibility index (Phi) is 6.49. The number of benzene rings is 2. The first-order chi connectivity index (χ1) is 13.1. The van der Waals surface area contributed by atoms with E-state index in [-0.39, 0.29) is 30.4 Å². The largest absolute Gasteiger partial charge is 0.335 e. The van der Waals surface area contributed by atoms with E-state index in [4.69, 9.17) is 0 Å². The van der Waals surface area contributed by atoms with Gasteiger partial charge in [0.05, 0.1) is 12.2 Å². The minimum Gasteiger partial charge on any atom is -0.335 e. The highest BCUT2D eigenvalue weighted by molar-refractivity contribution is 7.98. The van der Waals surface area contributed by atoms with Crippen molar-refractivity contribution in [3.63, 3.8) is 0 Å². The van der Waals surface area contributed by atoms with Gasteiger partial charge < -0.3 is 10.2 Å². The molecule has 1 heterocycles. The monoisotopic (exact) mass is 384 g/mol. The maximum atomic E-state index is 12.7. The van der Waals surface area contributed by atoms with Crippen LogP contribution in [0.25, 0.3) is 0 Å². The standard InChI is InChI=1S/C20H24N4O2S/c1-24(13-19(25)21-15-10-6-7-11-18(15)27-2)20(26)17-12-16(22-23-17)14-8-4-3-5-9-14/h3-11,16-17,22-23H,12-13H2,1-2H3,(H,21,25). The Morgan fingerprint density at radius 3 is 2.56 bits per heavy atom. The first kappa shape index (κ1) is 19.4.